The molecule has 0 saturated carbocycles. The van der Waals surface area contributed by atoms with Crippen LogP contribution in [0, 0.1) is 5.41 Å². The molecule has 0 bridgehead atoms. The van der Waals surface area contributed by atoms with Gasteiger partial charge in [-0.05, 0) is 38.1 Å². The van der Waals surface area contributed by atoms with E-state index >= 15 is 0 Å². The molecule has 2 heterocycles. The Balaban J connectivity index is 2.15. The average Bonchev–Trinajstić information content (AvgIpc) is 2.71. The summed E-state index contributed by atoms with van der Waals surface area (Å²) in [5.41, 5.74) is -0.636. The molecule has 4 nitrogen and oxygen atoms in total. The minimum Gasteiger partial charge on any atom is -0.481 e. The molecule has 15 heavy (non-hydrogen) atoms. The zero-order valence-corrected chi connectivity index (χ0v) is 8.53. The topological polar surface area (TPSA) is 62.5 Å². The van der Waals surface area contributed by atoms with Gasteiger partial charge in [0.25, 0.3) is 0 Å². The molecule has 82 valence electrons. The lowest BCUT2D eigenvalue weighted by molar-refractivity contribution is -0.150. The highest BCUT2D eigenvalue weighted by Gasteiger charge is 2.40. The first-order valence-corrected chi connectivity index (χ1v) is 5.19. The summed E-state index contributed by atoms with van der Waals surface area (Å²) in [7, 11) is 0. The maximum atomic E-state index is 11.3. The third-order valence-electron chi connectivity index (χ3n) is 3.11. The number of hydrogen-bond acceptors (Lipinski definition) is 3. The molecule has 1 saturated heterocycles. The molecule has 0 aliphatic carbocycles. The summed E-state index contributed by atoms with van der Waals surface area (Å²) in [6.45, 7) is 1.54. The molecular weight excluding hydrogens is 194 g/mol. The van der Waals surface area contributed by atoms with Gasteiger partial charge in [0.2, 0.25) is 0 Å². The molecular formula is C11H15NO3. The summed E-state index contributed by atoms with van der Waals surface area (Å²) < 4.78 is 5.23. The van der Waals surface area contributed by atoms with Crippen LogP contribution in [0.2, 0.25) is 0 Å². The first-order chi connectivity index (χ1) is 7.23. The SMILES string of the molecule is O=C(O)C1(Cc2ccco2)CCNCC1. The van der Waals surface area contributed by atoms with E-state index in [2.05, 4.69) is 5.32 Å². The quantitative estimate of drug-likeness (QED) is 0.787. The van der Waals surface area contributed by atoms with Gasteiger partial charge >= 0.3 is 5.97 Å². The van der Waals surface area contributed by atoms with Gasteiger partial charge in [0, 0.05) is 6.42 Å². The molecule has 1 aliphatic rings. The Morgan fingerprint density at radius 3 is 2.80 bits per heavy atom. The highest BCUT2D eigenvalue weighted by molar-refractivity contribution is 5.75. The molecule has 0 spiro atoms. The Kier molecular flexibility index (Phi) is 2.77. The van der Waals surface area contributed by atoms with Crippen molar-refractivity contribution in [3.63, 3.8) is 0 Å². The predicted octanol–water partition coefficient (Wildman–Crippen LogP) is 1.28. The first kappa shape index (κ1) is 10.2. The fraction of sp³-hybridized carbons (Fsp3) is 0.545. The van der Waals surface area contributed by atoms with E-state index in [1.807, 2.05) is 6.07 Å². The molecule has 1 aromatic heterocycles. The van der Waals surface area contributed by atoms with Crippen LogP contribution in [0.15, 0.2) is 22.8 Å². The van der Waals surface area contributed by atoms with Crippen LogP contribution in [-0.4, -0.2) is 24.2 Å². The highest BCUT2D eigenvalue weighted by Crippen LogP contribution is 2.33. The van der Waals surface area contributed by atoms with E-state index in [0.29, 0.717) is 19.3 Å². The largest absolute Gasteiger partial charge is 0.481 e. The van der Waals surface area contributed by atoms with Gasteiger partial charge < -0.3 is 14.8 Å². The van der Waals surface area contributed by atoms with Gasteiger partial charge in [0.1, 0.15) is 5.76 Å². The van der Waals surface area contributed by atoms with Gasteiger partial charge in [-0.2, -0.15) is 0 Å². The van der Waals surface area contributed by atoms with Crippen molar-refractivity contribution in [1.82, 2.24) is 5.32 Å². The van der Waals surface area contributed by atoms with E-state index < -0.39 is 11.4 Å². The molecule has 0 unspecified atom stereocenters. The number of carbonyl (C=O) groups is 1. The predicted molar refractivity (Wildman–Crippen MR) is 54.6 cm³/mol. The number of piperidine rings is 1. The van der Waals surface area contributed by atoms with Crippen molar-refractivity contribution in [2.24, 2.45) is 5.41 Å². The molecule has 4 heteroatoms. The van der Waals surface area contributed by atoms with Crippen molar-refractivity contribution in [3.8, 4) is 0 Å². The van der Waals surface area contributed by atoms with E-state index in [4.69, 9.17) is 4.42 Å². The summed E-state index contributed by atoms with van der Waals surface area (Å²) >= 11 is 0. The maximum absolute atomic E-state index is 11.3. The number of hydrogen-bond donors (Lipinski definition) is 2. The average molecular weight is 209 g/mol. The number of nitrogens with one attached hydrogen (secondary N) is 1. The lowest BCUT2D eigenvalue weighted by Gasteiger charge is -2.32. The van der Waals surface area contributed by atoms with E-state index in [0.717, 1.165) is 18.8 Å². The van der Waals surface area contributed by atoms with Gasteiger partial charge in [0.05, 0.1) is 11.7 Å². The van der Waals surface area contributed by atoms with Crippen LogP contribution in [-0.2, 0) is 11.2 Å². The van der Waals surface area contributed by atoms with Gasteiger partial charge in [-0.15, -0.1) is 0 Å². The summed E-state index contributed by atoms with van der Waals surface area (Å²) in [5, 5.41) is 12.5. The molecule has 1 fully saturated rings. The number of furan rings is 1. The van der Waals surface area contributed by atoms with Crippen LogP contribution < -0.4 is 5.32 Å². The lowest BCUT2D eigenvalue weighted by atomic mass is 9.75. The zero-order chi connectivity index (χ0) is 10.7. The second-order valence-electron chi connectivity index (χ2n) is 4.09. The number of aliphatic carboxylic acids is 1. The highest BCUT2D eigenvalue weighted by atomic mass is 16.4. The molecule has 2 rings (SSSR count). The van der Waals surface area contributed by atoms with Crippen molar-refractivity contribution in [1.29, 1.82) is 0 Å². The first-order valence-electron chi connectivity index (χ1n) is 5.19. The standard InChI is InChI=1S/C11H15NO3/c13-10(14)11(3-5-12-6-4-11)8-9-2-1-7-15-9/h1-2,7,12H,3-6,8H2,(H,13,14). The molecule has 1 aromatic rings. The number of rotatable bonds is 3. The van der Waals surface area contributed by atoms with Crippen molar-refractivity contribution in [2.45, 2.75) is 19.3 Å². The Hall–Kier alpha value is -1.29. The van der Waals surface area contributed by atoms with Gasteiger partial charge in [-0.25, -0.2) is 0 Å². The Morgan fingerprint density at radius 1 is 1.53 bits per heavy atom. The van der Waals surface area contributed by atoms with Crippen LogP contribution in [0.4, 0.5) is 0 Å². The second-order valence-corrected chi connectivity index (χ2v) is 4.09. The number of carboxylic acid groups (broad SMARTS) is 1. The van der Waals surface area contributed by atoms with Crippen molar-refractivity contribution < 1.29 is 14.3 Å². The minimum atomic E-state index is -0.708. The van der Waals surface area contributed by atoms with Crippen LogP contribution in [0.1, 0.15) is 18.6 Å². The summed E-state index contributed by atoms with van der Waals surface area (Å²) in [6, 6.07) is 3.64. The van der Waals surface area contributed by atoms with Gasteiger partial charge in [0.15, 0.2) is 0 Å². The van der Waals surface area contributed by atoms with Crippen LogP contribution in [0.25, 0.3) is 0 Å². The monoisotopic (exact) mass is 209 g/mol. The molecule has 0 radical (unpaired) electrons. The lowest BCUT2D eigenvalue weighted by Crippen LogP contribution is -2.43. The maximum Gasteiger partial charge on any atom is 0.310 e. The summed E-state index contributed by atoms with van der Waals surface area (Å²) in [5.74, 6) is 0.0553. The minimum absolute atomic E-state index is 0.497. The van der Waals surface area contributed by atoms with E-state index in [9.17, 15) is 9.90 Å². The molecule has 0 amide bonds. The van der Waals surface area contributed by atoms with E-state index in [-0.39, 0.29) is 0 Å². The van der Waals surface area contributed by atoms with Gasteiger partial charge in [-0.3, -0.25) is 4.79 Å². The normalized spacial score (nSPS) is 20.0. The molecule has 0 atom stereocenters. The Bertz CT molecular complexity index is 326. The third-order valence-corrected chi connectivity index (χ3v) is 3.11. The van der Waals surface area contributed by atoms with Gasteiger partial charge in [-0.1, -0.05) is 0 Å². The van der Waals surface area contributed by atoms with Crippen molar-refractivity contribution in [2.75, 3.05) is 13.1 Å². The van der Waals surface area contributed by atoms with E-state index in [1.54, 1.807) is 12.3 Å². The van der Waals surface area contributed by atoms with Crippen LogP contribution in [0.5, 0.6) is 0 Å². The fourth-order valence-corrected chi connectivity index (χ4v) is 2.12. The number of carboxylic acids is 1. The summed E-state index contributed by atoms with van der Waals surface area (Å²) in [6.07, 6.45) is 3.43. The van der Waals surface area contributed by atoms with E-state index in [1.165, 1.54) is 0 Å². The van der Waals surface area contributed by atoms with Crippen molar-refractivity contribution in [3.05, 3.63) is 24.2 Å². The van der Waals surface area contributed by atoms with Crippen molar-refractivity contribution >= 4 is 5.97 Å². The molecule has 2 N–H and O–H groups in total. The summed E-state index contributed by atoms with van der Waals surface area (Å²) in [4.78, 5) is 11.3. The fourth-order valence-electron chi connectivity index (χ4n) is 2.12. The Labute approximate surface area is 88.3 Å². The Morgan fingerprint density at radius 2 is 2.27 bits per heavy atom. The smallest absolute Gasteiger partial charge is 0.310 e. The molecule has 0 aromatic carbocycles. The second kappa shape index (κ2) is 4.06. The van der Waals surface area contributed by atoms with Crippen LogP contribution >= 0.6 is 0 Å². The zero-order valence-electron chi connectivity index (χ0n) is 8.53. The van der Waals surface area contributed by atoms with Crippen LogP contribution in [0.3, 0.4) is 0 Å². The molecule has 1 aliphatic heterocycles. The third kappa shape index (κ3) is 2.04.